The molecule has 0 spiro atoms. The van der Waals surface area contributed by atoms with E-state index in [1.807, 2.05) is 6.92 Å². The van der Waals surface area contributed by atoms with Crippen LogP contribution in [0.4, 0.5) is 4.39 Å². The van der Waals surface area contributed by atoms with Gasteiger partial charge in [-0.2, -0.15) is 0 Å². The van der Waals surface area contributed by atoms with Gasteiger partial charge in [0.2, 0.25) is 0 Å². The van der Waals surface area contributed by atoms with E-state index in [-0.39, 0.29) is 24.3 Å². The molecule has 70 valence electrons. The summed E-state index contributed by atoms with van der Waals surface area (Å²) in [6.45, 7) is 2.07. The second-order valence-corrected chi connectivity index (χ2v) is 2.95. The number of Topliss-reactive ketones (excluding diaryl/α,β-unsaturated/α-hetero) is 1. The van der Waals surface area contributed by atoms with Crippen LogP contribution in [0.25, 0.3) is 0 Å². The van der Waals surface area contributed by atoms with Gasteiger partial charge in [-0.05, 0) is 25.6 Å². The molecule has 0 saturated carbocycles. The Hall–Kier alpha value is -1.22. The molecule has 1 rings (SSSR count). The van der Waals surface area contributed by atoms with Crippen LogP contribution in [0.1, 0.15) is 22.3 Å². The number of rotatable bonds is 3. The van der Waals surface area contributed by atoms with Crippen molar-refractivity contribution in [2.45, 2.75) is 13.3 Å². The Bertz CT molecular complexity index is 323. The van der Waals surface area contributed by atoms with Crippen molar-refractivity contribution in [2.75, 3.05) is 6.54 Å². The first-order chi connectivity index (χ1) is 6.15. The molecule has 13 heavy (non-hydrogen) atoms. The highest BCUT2D eigenvalue weighted by atomic mass is 19.1. The fourth-order valence-electron chi connectivity index (χ4n) is 1.12. The molecular formula is C10H12FNO. The molecule has 0 saturated heterocycles. The van der Waals surface area contributed by atoms with E-state index in [4.69, 9.17) is 5.73 Å². The quantitative estimate of drug-likeness (QED) is 0.721. The Morgan fingerprint density at radius 1 is 1.54 bits per heavy atom. The summed E-state index contributed by atoms with van der Waals surface area (Å²) in [5, 5.41) is 0. The zero-order valence-corrected chi connectivity index (χ0v) is 7.51. The van der Waals surface area contributed by atoms with Crippen LogP contribution in [0.5, 0.6) is 0 Å². The van der Waals surface area contributed by atoms with Gasteiger partial charge in [0.1, 0.15) is 5.82 Å². The van der Waals surface area contributed by atoms with E-state index >= 15 is 0 Å². The lowest BCUT2D eigenvalue weighted by Gasteiger charge is -2.01. The number of benzene rings is 1. The smallest absolute Gasteiger partial charge is 0.167 e. The molecule has 2 nitrogen and oxygen atoms in total. The fraction of sp³-hybridized carbons (Fsp3) is 0.300. The second-order valence-electron chi connectivity index (χ2n) is 2.95. The highest BCUT2D eigenvalue weighted by molar-refractivity contribution is 5.96. The van der Waals surface area contributed by atoms with Gasteiger partial charge >= 0.3 is 0 Å². The minimum Gasteiger partial charge on any atom is -0.330 e. The van der Waals surface area contributed by atoms with Gasteiger partial charge in [0, 0.05) is 6.42 Å². The number of carbonyl (C=O) groups excluding carboxylic acids is 1. The Balaban J connectivity index is 2.99. The number of hydrogen-bond donors (Lipinski definition) is 1. The van der Waals surface area contributed by atoms with Crippen LogP contribution in [-0.2, 0) is 0 Å². The van der Waals surface area contributed by atoms with E-state index in [0.717, 1.165) is 5.56 Å². The second kappa shape index (κ2) is 4.14. The third kappa shape index (κ3) is 2.36. The van der Waals surface area contributed by atoms with Gasteiger partial charge < -0.3 is 5.73 Å². The first-order valence-corrected chi connectivity index (χ1v) is 4.14. The van der Waals surface area contributed by atoms with Crippen molar-refractivity contribution in [3.8, 4) is 0 Å². The van der Waals surface area contributed by atoms with E-state index in [1.54, 1.807) is 12.1 Å². The SMILES string of the molecule is Cc1ccc(F)c(C(=O)CCN)c1. The summed E-state index contributed by atoms with van der Waals surface area (Å²) in [5.74, 6) is -0.701. The molecule has 0 atom stereocenters. The topological polar surface area (TPSA) is 43.1 Å². The molecule has 1 aromatic carbocycles. The van der Waals surface area contributed by atoms with Crippen LogP contribution in [-0.4, -0.2) is 12.3 Å². The first-order valence-electron chi connectivity index (χ1n) is 4.14. The number of carbonyl (C=O) groups is 1. The molecule has 0 aliphatic rings. The number of halogens is 1. The lowest BCUT2D eigenvalue weighted by Crippen LogP contribution is -2.09. The Morgan fingerprint density at radius 2 is 2.23 bits per heavy atom. The monoisotopic (exact) mass is 181 g/mol. The summed E-state index contributed by atoms with van der Waals surface area (Å²) in [6.07, 6.45) is 0.195. The zero-order valence-electron chi connectivity index (χ0n) is 7.51. The van der Waals surface area contributed by atoms with Gasteiger partial charge in [-0.3, -0.25) is 4.79 Å². The average molecular weight is 181 g/mol. The van der Waals surface area contributed by atoms with Crippen molar-refractivity contribution >= 4 is 5.78 Å². The van der Waals surface area contributed by atoms with Crippen LogP contribution < -0.4 is 5.73 Å². The third-order valence-electron chi connectivity index (χ3n) is 1.79. The fourth-order valence-corrected chi connectivity index (χ4v) is 1.12. The Labute approximate surface area is 76.6 Å². The molecule has 0 bridgehead atoms. The summed E-state index contributed by atoms with van der Waals surface area (Å²) < 4.78 is 13.1. The Kier molecular flexibility index (Phi) is 3.14. The minimum atomic E-state index is -0.468. The molecule has 1 aromatic rings. The molecule has 0 aliphatic carbocycles. The van der Waals surface area contributed by atoms with Gasteiger partial charge in [-0.25, -0.2) is 4.39 Å². The zero-order chi connectivity index (χ0) is 9.84. The molecule has 3 heteroatoms. The van der Waals surface area contributed by atoms with Crippen molar-refractivity contribution in [3.05, 3.63) is 35.1 Å². The van der Waals surface area contributed by atoms with Crippen molar-refractivity contribution < 1.29 is 9.18 Å². The number of hydrogen-bond acceptors (Lipinski definition) is 2. The third-order valence-corrected chi connectivity index (χ3v) is 1.79. The largest absolute Gasteiger partial charge is 0.330 e. The maximum atomic E-state index is 13.1. The maximum Gasteiger partial charge on any atom is 0.167 e. The lowest BCUT2D eigenvalue weighted by atomic mass is 10.1. The molecule has 2 N–H and O–H groups in total. The van der Waals surface area contributed by atoms with Crippen LogP contribution >= 0.6 is 0 Å². The van der Waals surface area contributed by atoms with Crippen LogP contribution in [0.2, 0.25) is 0 Å². The van der Waals surface area contributed by atoms with E-state index < -0.39 is 5.82 Å². The summed E-state index contributed by atoms with van der Waals surface area (Å²) in [5.41, 5.74) is 6.23. The maximum absolute atomic E-state index is 13.1. The molecule has 0 fully saturated rings. The molecule has 0 aromatic heterocycles. The predicted molar refractivity (Wildman–Crippen MR) is 49.1 cm³/mol. The standard InChI is InChI=1S/C10H12FNO/c1-7-2-3-9(11)8(6-7)10(13)4-5-12/h2-3,6H,4-5,12H2,1H3. The van der Waals surface area contributed by atoms with Gasteiger partial charge in [-0.15, -0.1) is 0 Å². The highest BCUT2D eigenvalue weighted by Crippen LogP contribution is 2.11. The van der Waals surface area contributed by atoms with Gasteiger partial charge in [-0.1, -0.05) is 11.6 Å². The van der Waals surface area contributed by atoms with Crippen LogP contribution in [0, 0.1) is 12.7 Å². The molecule has 0 amide bonds. The molecule has 0 unspecified atom stereocenters. The lowest BCUT2D eigenvalue weighted by molar-refractivity contribution is 0.0981. The first kappa shape index (κ1) is 9.86. The normalized spacial score (nSPS) is 10.1. The average Bonchev–Trinajstić information content (AvgIpc) is 2.09. The van der Waals surface area contributed by atoms with Crippen LogP contribution in [0.3, 0.4) is 0 Å². The molecular weight excluding hydrogens is 169 g/mol. The summed E-state index contributed by atoms with van der Waals surface area (Å²) in [4.78, 5) is 11.3. The van der Waals surface area contributed by atoms with E-state index in [0.29, 0.717) is 0 Å². The van der Waals surface area contributed by atoms with Crippen LogP contribution in [0.15, 0.2) is 18.2 Å². The molecule has 0 radical (unpaired) electrons. The Morgan fingerprint density at radius 3 is 2.85 bits per heavy atom. The summed E-state index contributed by atoms with van der Waals surface area (Å²) in [7, 11) is 0. The van der Waals surface area contributed by atoms with Crippen molar-refractivity contribution in [2.24, 2.45) is 5.73 Å². The van der Waals surface area contributed by atoms with Crippen molar-refractivity contribution in [1.29, 1.82) is 0 Å². The van der Waals surface area contributed by atoms with Crippen molar-refractivity contribution in [1.82, 2.24) is 0 Å². The van der Waals surface area contributed by atoms with E-state index in [1.165, 1.54) is 6.07 Å². The number of nitrogens with two attached hydrogens (primary N) is 1. The minimum absolute atomic E-state index is 0.144. The number of ketones is 1. The van der Waals surface area contributed by atoms with Gasteiger partial charge in [0.05, 0.1) is 5.56 Å². The number of aryl methyl sites for hydroxylation is 1. The predicted octanol–water partition coefficient (Wildman–Crippen LogP) is 1.67. The summed E-state index contributed by atoms with van der Waals surface area (Å²) >= 11 is 0. The highest BCUT2D eigenvalue weighted by Gasteiger charge is 2.10. The van der Waals surface area contributed by atoms with Gasteiger partial charge in [0.25, 0.3) is 0 Å². The van der Waals surface area contributed by atoms with E-state index in [9.17, 15) is 9.18 Å². The van der Waals surface area contributed by atoms with Crippen molar-refractivity contribution in [3.63, 3.8) is 0 Å². The summed E-state index contributed by atoms with van der Waals surface area (Å²) in [6, 6.07) is 4.49. The molecule has 0 aliphatic heterocycles. The van der Waals surface area contributed by atoms with Gasteiger partial charge in [0.15, 0.2) is 5.78 Å². The van der Waals surface area contributed by atoms with E-state index in [2.05, 4.69) is 0 Å². The molecule has 0 heterocycles.